The number of rotatable bonds is 4. The van der Waals surface area contributed by atoms with E-state index in [1.165, 1.54) is 0 Å². The number of aromatic nitrogens is 2. The smallest absolute Gasteiger partial charge is 0.383 e. The monoisotopic (exact) mass is 286 g/mol. The number of aliphatic hydroxyl groups excluding tert-OH is 1. The molecule has 2 rings (SSSR count). The molecule has 1 aromatic carbocycles. The van der Waals surface area contributed by atoms with Crippen molar-refractivity contribution >= 4 is 0 Å². The average molecular weight is 286 g/mol. The van der Waals surface area contributed by atoms with Crippen molar-refractivity contribution < 1.29 is 22.8 Å². The second kappa shape index (κ2) is 5.62. The summed E-state index contributed by atoms with van der Waals surface area (Å²) in [4.78, 5) is 3.85. The van der Waals surface area contributed by atoms with E-state index < -0.39 is 18.7 Å². The summed E-state index contributed by atoms with van der Waals surface area (Å²) < 4.78 is 41.3. The SMILES string of the molecule is Cc1cccc(Cc2noc(CC(O)C(F)(F)F)n2)c1. The highest BCUT2D eigenvalue weighted by Gasteiger charge is 2.39. The summed E-state index contributed by atoms with van der Waals surface area (Å²) in [5.41, 5.74) is 2.01. The lowest BCUT2D eigenvalue weighted by molar-refractivity contribution is -0.204. The second-order valence-electron chi connectivity index (χ2n) is 4.53. The van der Waals surface area contributed by atoms with Crippen LogP contribution in [0.5, 0.6) is 0 Å². The van der Waals surface area contributed by atoms with Gasteiger partial charge in [0.15, 0.2) is 11.9 Å². The van der Waals surface area contributed by atoms with E-state index in [1.807, 2.05) is 31.2 Å². The molecule has 2 aromatic rings. The summed E-state index contributed by atoms with van der Waals surface area (Å²) in [6, 6.07) is 7.61. The first-order chi connectivity index (χ1) is 9.34. The Labute approximate surface area is 113 Å². The molecule has 7 heteroatoms. The zero-order chi connectivity index (χ0) is 14.8. The maximum Gasteiger partial charge on any atom is 0.414 e. The number of aliphatic hydroxyl groups is 1. The summed E-state index contributed by atoms with van der Waals surface area (Å²) in [5.74, 6) is 0.0671. The molecule has 0 aliphatic carbocycles. The summed E-state index contributed by atoms with van der Waals surface area (Å²) in [6.07, 6.45) is -7.54. The molecule has 1 atom stereocenters. The van der Waals surface area contributed by atoms with Crippen molar-refractivity contribution in [3.05, 3.63) is 47.1 Å². The summed E-state index contributed by atoms with van der Waals surface area (Å²) in [7, 11) is 0. The minimum Gasteiger partial charge on any atom is -0.383 e. The standard InChI is InChI=1S/C13H13F3N2O2/c1-8-3-2-4-9(5-8)6-11-17-12(20-18-11)7-10(19)13(14,15)16/h2-5,10,19H,6-7H2,1H3. The predicted molar refractivity (Wildman–Crippen MR) is 64.0 cm³/mol. The van der Waals surface area contributed by atoms with Gasteiger partial charge in [-0.2, -0.15) is 18.2 Å². The van der Waals surface area contributed by atoms with Crippen molar-refractivity contribution in [3.63, 3.8) is 0 Å². The van der Waals surface area contributed by atoms with E-state index in [4.69, 9.17) is 9.63 Å². The fraction of sp³-hybridized carbons (Fsp3) is 0.385. The molecule has 1 heterocycles. The Hall–Kier alpha value is -1.89. The van der Waals surface area contributed by atoms with Crippen LogP contribution in [0, 0.1) is 6.92 Å². The van der Waals surface area contributed by atoms with Crippen LogP contribution >= 0.6 is 0 Å². The Morgan fingerprint density at radius 1 is 1.35 bits per heavy atom. The molecule has 0 radical (unpaired) electrons. The van der Waals surface area contributed by atoms with Gasteiger partial charge in [-0.1, -0.05) is 35.0 Å². The van der Waals surface area contributed by atoms with E-state index in [0.29, 0.717) is 12.2 Å². The van der Waals surface area contributed by atoms with Gasteiger partial charge in [-0.3, -0.25) is 0 Å². The number of hydrogen-bond donors (Lipinski definition) is 1. The molecule has 0 amide bonds. The van der Waals surface area contributed by atoms with Crippen LogP contribution in [-0.4, -0.2) is 27.5 Å². The van der Waals surface area contributed by atoms with Crippen molar-refractivity contribution in [2.75, 3.05) is 0 Å². The predicted octanol–water partition coefficient (Wildman–Crippen LogP) is 2.43. The molecule has 0 fully saturated rings. The van der Waals surface area contributed by atoms with Gasteiger partial charge in [0.05, 0.1) is 6.42 Å². The van der Waals surface area contributed by atoms with Crippen LogP contribution in [0.15, 0.2) is 28.8 Å². The Morgan fingerprint density at radius 2 is 2.10 bits per heavy atom. The summed E-state index contributed by atoms with van der Waals surface area (Å²) in [5, 5.41) is 12.5. The van der Waals surface area contributed by atoms with Gasteiger partial charge in [-0.05, 0) is 12.5 Å². The lowest BCUT2D eigenvalue weighted by Crippen LogP contribution is -2.30. The van der Waals surface area contributed by atoms with E-state index >= 15 is 0 Å². The van der Waals surface area contributed by atoms with Gasteiger partial charge in [0, 0.05) is 6.42 Å². The van der Waals surface area contributed by atoms with Crippen molar-refractivity contribution in [2.45, 2.75) is 32.0 Å². The third kappa shape index (κ3) is 3.80. The fourth-order valence-corrected chi connectivity index (χ4v) is 1.73. The van der Waals surface area contributed by atoms with E-state index in [-0.39, 0.29) is 5.89 Å². The zero-order valence-electron chi connectivity index (χ0n) is 10.7. The number of alkyl halides is 3. The third-order valence-corrected chi connectivity index (χ3v) is 2.70. The quantitative estimate of drug-likeness (QED) is 0.937. The van der Waals surface area contributed by atoms with Gasteiger partial charge >= 0.3 is 6.18 Å². The van der Waals surface area contributed by atoms with Crippen molar-refractivity contribution in [2.24, 2.45) is 0 Å². The van der Waals surface area contributed by atoms with E-state index in [1.54, 1.807) is 0 Å². The number of aryl methyl sites for hydroxylation is 1. The number of halogens is 3. The number of hydrogen-bond acceptors (Lipinski definition) is 4. The molecule has 0 aliphatic heterocycles. The van der Waals surface area contributed by atoms with Crippen LogP contribution in [-0.2, 0) is 12.8 Å². The molecular weight excluding hydrogens is 273 g/mol. The minimum absolute atomic E-state index is 0.225. The molecule has 0 saturated carbocycles. The van der Waals surface area contributed by atoms with Crippen LogP contribution in [0.1, 0.15) is 22.8 Å². The molecular formula is C13H13F3N2O2. The second-order valence-corrected chi connectivity index (χ2v) is 4.53. The summed E-state index contributed by atoms with van der Waals surface area (Å²) in [6.45, 7) is 1.94. The van der Waals surface area contributed by atoms with E-state index in [2.05, 4.69) is 10.1 Å². The molecule has 1 unspecified atom stereocenters. The van der Waals surface area contributed by atoms with Gasteiger partial charge in [0.1, 0.15) is 0 Å². The van der Waals surface area contributed by atoms with Crippen molar-refractivity contribution in [1.29, 1.82) is 0 Å². The van der Waals surface area contributed by atoms with E-state index in [0.717, 1.165) is 11.1 Å². The van der Waals surface area contributed by atoms with Gasteiger partial charge in [0.25, 0.3) is 0 Å². The fourth-order valence-electron chi connectivity index (χ4n) is 1.73. The first-order valence-electron chi connectivity index (χ1n) is 5.96. The first-order valence-corrected chi connectivity index (χ1v) is 5.96. The maximum absolute atomic E-state index is 12.2. The Balaban J connectivity index is 2.02. The molecule has 0 bridgehead atoms. The van der Waals surface area contributed by atoms with Gasteiger partial charge in [0.2, 0.25) is 5.89 Å². The largest absolute Gasteiger partial charge is 0.414 e. The Morgan fingerprint density at radius 3 is 2.75 bits per heavy atom. The zero-order valence-corrected chi connectivity index (χ0v) is 10.7. The lowest BCUT2D eigenvalue weighted by Gasteiger charge is -2.11. The van der Waals surface area contributed by atoms with Gasteiger partial charge < -0.3 is 9.63 Å². The van der Waals surface area contributed by atoms with Crippen LogP contribution in [0.3, 0.4) is 0 Å². The average Bonchev–Trinajstić information content (AvgIpc) is 2.75. The van der Waals surface area contributed by atoms with Gasteiger partial charge in [-0.15, -0.1) is 0 Å². The molecule has 4 nitrogen and oxygen atoms in total. The topological polar surface area (TPSA) is 59.2 Å². The molecule has 0 aliphatic rings. The lowest BCUT2D eigenvalue weighted by atomic mass is 10.1. The highest BCUT2D eigenvalue weighted by Crippen LogP contribution is 2.22. The molecule has 0 saturated heterocycles. The molecule has 0 spiro atoms. The molecule has 1 N–H and O–H groups in total. The highest BCUT2D eigenvalue weighted by atomic mass is 19.4. The molecule has 108 valence electrons. The molecule has 1 aromatic heterocycles. The first kappa shape index (κ1) is 14.5. The van der Waals surface area contributed by atoms with Crippen LogP contribution in [0.4, 0.5) is 13.2 Å². The van der Waals surface area contributed by atoms with Crippen molar-refractivity contribution in [1.82, 2.24) is 10.1 Å². The van der Waals surface area contributed by atoms with Crippen LogP contribution in [0.2, 0.25) is 0 Å². The maximum atomic E-state index is 12.2. The van der Waals surface area contributed by atoms with Crippen LogP contribution in [0.25, 0.3) is 0 Å². The minimum atomic E-state index is -4.69. The van der Waals surface area contributed by atoms with Crippen LogP contribution < -0.4 is 0 Å². The Kier molecular flexibility index (Phi) is 4.08. The number of nitrogens with zero attached hydrogens (tertiary/aromatic N) is 2. The van der Waals surface area contributed by atoms with Gasteiger partial charge in [-0.25, -0.2) is 0 Å². The Bertz CT molecular complexity index is 581. The third-order valence-electron chi connectivity index (χ3n) is 2.70. The van der Waals surface area contributed by atoms with Crippen molar-refractivity contribution in [3.8, 4) is 0 Å². The van der Waals surface area contributed by atoms with E-state index in [9.17, 15) is 13.2 Å². The number of benzene rings is 1. The molecule has 20 heavy (non-hydrogen) atoms. The normalized spacial score (nSPS) is 13.4. The highest BCUT2D eigenvalue weighted by molar-refractivity contribution is 5.24. The summed E-state index contributed by atoms with van der Waals surface area (Å²) >= 11 is 0.